The molecule has 82 valence electrons. The maximum absolute atomic E-state index is 5.35. The molecule has 0 fully saturated rings. The van der Waals surface area contributed by atoms with E-state index in [2.05, 4.69) is 60.8 Å². The molecule has 4 heteroatoms. The van der Waals surface area contributed by atoms with E-state index in [1.807, 2.05) is 12.1 Å². The van der Waals surface area contributed by atoms with Crippen molar-refractivity contribution in [3.63, 3.8) is 0 Å². The highest BCUT2D eigenvalue weighted by Gasteiger charge is 2.07. The Labute approximate surface area is 115 Å². The van der Waals surface area contributed by atoms with Crippen LogP contribution in [0.25, 0.3) is 6.08 Å². The van der Waals surface area contributed by atoms with Gasteiger partial charge in [0.2, 0.25) is 0 Å². The molecule has 0 atom stereocenters. The van der Waals surface area contributed by atoms with Crippen LogP contribution in [-0.2, 0) is 0 Å². The van der Waals surface area contributed by atoms with Gasteiger partial charge in [-0.15, -0.1) is 0 Å². The minimum atomic E-state index is 0.860. The van der Waals surface area contributed by atoms with Gasteiger partial charge in [0.25, 0.3) is 0 Å². The Morgan fingerprint density at radius 3 is 2.60 bits per heavy atom. The first kappa shape index (κ1) is 13.3. The molecule has 0 N–H and O–H groups in total. The lowest BCUT2D eigenvalue weighted by molar-refractivity contribution is 0.411. The van der Waals surface area contributed by atoms with Crippen molar-refractivity contribution in [3.05, 3.63) is 32.2 Å². The normalized spacial score (nSPS) is 11.7. The van der Waals surface area contributed by atoms with Crippen LogP contribution in [0.5, 0.6) is 5.75 Å². The lowest BCUT2D eigenvalue weighted by atomic mass is 10.1. The molecule has 0 unspecified atom stereocenters. The van der Waals surface area contributed by atoms with Crippen LogP contribution in [0.3, 0.4) is 0 Å². The monoisotopic (exact) mass is 396 g/mol. The second-order valence-electron chi connectivity index (χ2n) is 3.13. The molecular weight excluding hydrogens is 388 g/mol. The summed E-state index contributed by atoms with van der Waals surface area (Å²) in [5.41, 5.74) is 2.31. The van der Waals surface area contributed by atoms with Crippen molar-refractivity contribution < 1.29 is 4.74 Å². The summed E-state index contributed by atoms with van der Waals surface area (Å²) in [6.07, 6.45) is 2.10. The molecular formula is C11H11Br3O. The molecule has 1 aromatic rings. The Bertz CT molecular complexity index is 386. The van der Waals surface area contributed by atoms with Crippen LogP contribution in [0.15, 0.2) is 26.7 Å². The zero-order chi connectivity index (χ0) is 11.4. The number of methoxy groups -OCH3 is 1. The summed E-state index contributed by atoms with van der Waals surface area (Å²) in [4.78, 5) is 0. The highest BCUT2D eigenvalue weighted by molar-refractivity contribution is 9.11. The van der Waals surface area contributed by atoms with Crippen LogP contribution in [0.2, 0.25) is 0 Å². The van der Waals surface area contributed by atoms with Gasteiger partial charge >= 0.3 is 0 Å². The Morgan fingerprint density at radius 1 is 1.40 bits per heavy atom. The second-order valence-corrected chi connectivity index (χ2v) is 5.47. The molecule has 0 aromatic heterocycles. The molecule has 0 aliphatic heterocycles. The quantitative estimate of drug-likeness (QED) is 0.650. The molecule has 0 aliphatic carbocycles. The Hall–Kier alpha value is 0.200. The van der Waals surface area contributed by atoms with E-state index < -0.39 is 0 Å². The highest BCUT2D eigenvalue weighted by Crippen LogP contribution is 2.34. The zero-order valence-electron chi connectivity index (χ0n) is 8.48. The van der Waals surface area contributed by atoms with E-state index in [9.17, 15) is 0 Å². The average Bonchev–Trinajstić information content (AvgIpc) is 2.17. The van der Waals surface area contributed by atoms with Crippen LogP contribution in [0.1, 0.15) is 12.5 Å². The lowest BCUT2D eigenvalue weighted by Gasteiger charge is -2.09. The molecule has 0 saturated heterocycles. The SMILES string of the molecule is COc1c(Br)cc(Br)cc1/C=C(/C)CBr. The Kier molecular flexibility index (Phi) is 5.36. The fraction of sp³-hybridized carbons (Fsp3) is 0.273. The number of halogens is 3. The number of allylic oxidation sites excluding steroid dienone is 1. The average molecular weight is 399 g/mol. The number of benzene rings is 1. The lowest BCUT2D eigenvalue weighted by Crippen LogP contribution is -1.90. The molecule has 15 heavy (non-hydrogen) atoms. The summed E-state index contributed by atoms with van der Waals surface area (Å²) < 4.78 is 7.33. The first-order valence-corrected chi connectivity index (χ1v) is 7.05. The summed E-state index contributed by atoms with van der Waals surface area (Å²) >= 11 is 10.4. The van der Waals surface area contributed by atoms with Crippen molar-refractivity contribution in [2.45, 2.75) is 6.92 Å². The summed E-state index contributed by atoms with van der Waals surface area (Å²) in [6, 6.07) is 4.01. The number of hydrogen-bond donors (Lipinski definition) is 0. The predicted molar refractivity (Wildman–Crippen MR) is 75.8 cm³/mol. The molecule has 0 heterocycles. The summed E-state index contributed by atoms with van der Waals surface area (Å²) in [7, 11) is 1.68. The van der Waals surface area contributed by atoms with E-state index in [1.54, 1.807) is 7.11 Å². The highest BCUT2D eigenvalue weighted by atomic mass is 79.9. The smallest absolute Gasteiger partial charge is 0.140 e. The first-order chi connectivity index (χ1) is 7.08. The van der Waals surface area contributed by atoms with Crippen molar-refractivity contribution in [2.24, 2.45) is 0 Å². The van der Waals surface area contributed by atoms with Gasteiger partial charge in [-0.1, -0.05) is 43.5 Å². The Morgan fingerprint density at radius 2 is 2.07 bits per heavy atom. The molecule has 0 saturated carbocycles. The van der Waals surface area contributed by atoms with Crippen LogP contribution >= 0.6 is 47.8 Å². The van der Waals surface area contributed by atoms with Gasteiger partial charge in [0.1, 0.15) is 5.75 Å². The molecule has 0 aliphatic rings. The van der Waals surface area contributed by atoms with Gasteiger partial charge in [-0.05, 0) is 35.0 Å². The third-order valence-corrected chi connectivity index (χ3v) is 3.79. The molecule has 0 radical (unpaired) electrons. The number of alkyl halides is 1. The second kappa shape index (κ2) is 6.06. The first-order valence-electron chi connectivity index (χ1n) is 4.34. The van der Waals surface area contributed by atoms with E-state index in [1.165, 1.54) is 5.57 Å². The van der Waals surface area contributed by atoms with Crippen molar-refractivity contribution in [1.82, 2.24) is 0 Å². The third-order valence-electron chi connectivity index (χ3n) is 1.85. The van der Waals surface area contributed by atoms with E-state index in [0.717, 1.165) is 25.6 Å². The molecule has 0 bridgehead atoms. The van der Waals surface area contributed by atoms with Crippen LogP contribution in [-0.4, -0.2) is 12.4 Å². The van der Waals surface area contributed by atoms with E-state index in [-0.39, 0.29) is 0 Å². The maximum atomic E-state index is 5.35. The maximum Gasteiger partial charge on any atom is 0.140 e. The summed E-state index contributed by atoms with van der Waals surface area (Å²) in [5, 5.41) is 0.861. The van der Waals surface area contributed by atoms with E-state index in [4.69, 9.17) is 4.74 Å². The largest absolute Gasteiger partial charge is 0.495 e. The number of ether oxygens (including phenoxy) is 1. The fourth-order valence-electron chi connectivity index (χ4n) is 1.21. The fourth-order valence-corrected chi connectivity index (χ4v) is 2.79. The van der Waals surface area contributed by atoms with E-state index in [0.29, 0.717) is 0 Å². The van der Waals surface area contributed by atoms with Crippen molar-refractivity contribution >= 4 is 53.9 Å². The van der Waals surface area contributed by atoms with Gasteiger partial charge in [0.05, 0.1) is 11.6 Å². The van der Waals surface area contributed by atoms with Crippen LogP contribution < -0.4 is 4.74 Å². The van der Waals surface area contributed by atoms with Gasteiger partial charge in [-0.3, -0.25) is 0 Å². The van der Waals surface area contributed by atoms with Crippen molar-refractivity contribution in [3.8, 4) is 5.75 Å². The predicted octanol–water partition coefficient (Wildman–Crippen LogP) is 5.02. The standard InChI is InChI=1S/C11H11Br3O/c1-7(6-12)3-8-4-9(13)5-10(14)11(8)15-2/h3-5H,6H2,1-2H3/b7-3-. The van der Waals surface area contributed by atoms with Gasteiger partial charge in [-0.2, -0.15) is 0 Å². The molecule has 1 nitrogen and oxygen atoms in total. The number of rotatable bonds is 3. The van der Waals surface area contributed by atoms with E-state index >= 15 is 0 Å². The Balaban J connectivity index is 3.26. The van der Waals surface area contributed by atoms with Crippen molar-refractivity contribution in [1.29, 1.82) is 0 Å². The topological polar surface area (TPSA) is 9.23 Å². The van der Waals surface area contributed by atoms with Crippen LogP contribution in [0, 0.1) is 0 Å². The van der Waals surface area contributed by atoms with Gasteiger partial charge in [0.15, 0.2) is 0 Å². The minimum Gasteiger partial charge on any atom is -0.495 e. The van der Waals surface area contributed by atoms with Gasteiger partial charge < -0.3 is 4.74 Å². The summed E-state index contributed by atoms with van der Waals surface area (Å²) in [5.74, 6) is 0.860. The third kappa shape index (κ3) is 3.61. The molecule has 0 spiro atoms. The molecule has 1 rings (SSSR count). The van der Waals surface area contributed by atoms with Crippen LogP contribution in [0.4, 0.5) is 0 Å². The molecule has 0 amide bonds. The molecule has 1 aromatic carbocycles. The summed E-state index contributed by atoms with van der Waals surface area (Å²) in [6.45, 7) is 2.07. The minimum absolute atomic E-state index is 0.860. The van der Waals surface area contributed by atoms with Gasteiger partial charge in [-0.25, -0.2) is 0 Å². The number of hydrogen-bond acceptors (Lipinski definition) is 1. The zero-order valence-corrected chi connectivity index (χ0v) is 13.2. The van der Waals surface area contributed by atoms with Crippen molar-refractivity contribution in [2.75, 3.05) is 12.4 Å². The van der Waals surface area contributed by atoms with Gasteiger partial charge in [0, 0.05) is 15.4 Å².